The van der Waals surface area contributed by atoms with Gasteiger partial charge in [0.2, 0.25) is 5.91 Å². The number of nitrogens with one attached hydrogen (secondary N) is 1. The number of carbonyl (C=O) groups is 1. The summed E-state index contributed by atoms with van der Waals surface area (Å²) < 4.78 is 10.6. The van der Waals surface area contributed by atoms with Crippen molar-refractivity contribution in [3.05, 3.63) is 17.0 Å². The summed E-state index contributed by atoms with van der Waals surface area (Å²) in [7, 11) is 0. The van der Waals surface area contributed by atoms with E-state index in [-0.39, 0.29) is 5.91 Å². The molecule has 0 radical (unpaired) electrons. The number of hydrogen-bond donors (Lipinski definition) is 1. The van der Waals surface area contributed by atoms with E-state index in [9.17, 15) is 4.79 Å². The van der Waals surface area contributed by atoms with E-state index in [1.807, 2.05) is 13.8 Å². The second-order valence-electron chi connectivity index (χ2n) is 7.04. The van der Waals surface area contributed by atoms with E-state index in [0.717, 1.165) is 49.7 Å². The highest BCUT2D eigenvalue weighted by molar-refractivity contribution is 5.76. The van der Waals surface area contributed by atoms with Crippen molar-refractivity contribution in [2.75, 3.05) is 32.8 Å². The van der Waals surface area contributed by atoms with Gasteiger partial charge < -0.3 is 14.6 Å². The molecule has 1 atom stereocenters. The van der Waals surface area contributed by atoms with Gasteiger partial charge >= 0.3 is 0 Å². The largest absolute Gasteiger partial charge is 0.379 e. The third-order valence-corrected chi connectivity index (χ3v) is 4.62. The number of aromatic nitrogens is 1. The molecule has 1 N–H and O–H groups in total. The summed E-state index contributed by atoms with van der Waals surface area (Å²) in [6, 6.07) is 0.386. The van der Waals surface area contributed by atoms with Crippen molar-refractivity contribution in [3.63, 3.8) is 0 Å². The Morgan fingerprint density at radius 2 is 2.00 bits per heavy atom. The molecule has 2 heterocycles. The number of ether oxygens (including phenoxy) is 1. The predicted octanol–water partition coefficient (Wildman–Crippen LogP) is 2.09. The number of hydrogen-bond acceptors (Lipinski definition) is 5. The lowest BCUT2D eigenvalue weighted by molar-refractivity contribution is -0.121. The number of amides is 1. The van der Waals surface area contributed by atoms with Gasteiger partial charge in [-0.2, -0.15) is 0 Å². The Hall–Kier alpha value is -1.40. The number of carbonyl (C=O) groups excluding carboxylic acids is 1. The molecular weight excluding hydrogens is 306 g/mol. The zero-order chi connectivity index (χ0) is 17.5. The number of nitrogens with zero attached hydrogens (tertiary/aromatic N) is 2. The molecule has 1 aromatic heterocycles. The molecule has 0 aromatic carbocycles. The molecule has 6 nitrogen and oxygen atoms in total. The van der Waals surface area contributed by atoms with Gasteiger partial charge in [-0.1, -0.05) is 19.0 Å². The van der Waals surface area contributed by atoms with Gasteiger partial charge in [-0.3, -0.25) is 9.69 Å². The lowest BCUT2D eigenvalue weighted by Gasteiger charge is -2.35. The molecule has 0 spiro atoms. The number of morpholine rings is 1. The molecule has 1 saturated heterocycles. The predicted molar refractivity (Wildman–Crippen MR) is 92.9 cm³/mol. The average Bonchev–Trinajstić information content (AvgIpc) is 2.88. The Labute approximate surface area is 144 Å². The van der Waals surface area contributed by atoms with Crippen molar-refractivity contribution in [2.24, 2.45) is 5.92 Å². The van der Waals surface area contributed by atoms with Crippen molar-refractivity contribution in [1.82, 2.24) is 15.4 Å². The summed E-state index contributed by atoms with van der Waals surface area (Å²) in [6.07, 6.45) is 2.24. The van der Waals surface area contributed by atoms with E-state index in [1.54, 1.807) is 0 Å². The maximum atomic E-state index is 12.2. The van der Waals surface area contributed by atoms with Crippen LogP contribution in [0.25, 0.3) is 0 Å². The van der Waals surface area contributed by atoms with E-state index in [0.29, 0.717) is 31.3 Å². The van der Waals surface area contributed by atoms with Gasteiger partial charge in [0.05, 0.1) is 18.9 Å². The fourth-order valence-corrected chi connectivity index (χ4v) is 3.27. The van der Waals surface area contributed by atoms with Gasteiger partial charge in [-0.15, -0.1) is 0 Å². The minimum atomic E-state index is 0.0945. The molecule has 1 fully saturated rings. The van der Waals surface area contributed by atoms with Crippen LogP contribution in [0.1, 0.15) is 43.7 Å². The zero-order valence-electron chi connectivity index (χ0n) is 15.4. The van der Waals surface area contributed by atoms with Crippen molar-refractivity contribution in [3.8, 4) is 0 Å². The maximum Gasteiger partial charge on any atom is 0.220 e. The average molecular weight is 337 g/mol. The van der Waals surface area contributed by atoms with Gasteiger partial charge in [0.1, 0.15) is 5.76 Å². The van der Waals surface area contributed by atoms with Crippen LogP contribution in [0.4, 0.5) is 0 Å². The fourth-order valence-electron chi connectivity index (χ4n) is 3.27. The first-order valence-electron chi connectivity index (χ1n) is 8.97. The van der Waals surface area contributed by atoms with E-state index in [4.69, 9.17) is 9.26 Å². The minimum Gasteiger partial charge on any atom is -0.379 e. The summed E-state index contributed by atoms with van der Waals surface area (Å²) in [5, 5.41) is 7.05. The molecule has 6 heteroatoms. The van der Waals surface area contributed by atoms with Crippen LogP contribution in [0.15, 0.2) is 4.52 Å². The van der Waals surface area contributed by atoms with Crippen LogP contribution in [0, 0.1) is 19.8 Å². The van der Waals surface area contributed by atoms with Crippen LogP contribution in [-0.2, 0) is 16.0 Å². The zero-order valence-corrected chi connectivity index (χ0v) is 15.4. The third kappa shape index (κ3) is 5.60. The first kappa shape index (κ1) is 18.9. The van der Waals surface area contributed by atoms with Crippen LogP contribution in [0.5, 0.6) is 0 Å². The molecule has 1 aliphatic rings. The van der Waals surface area contributed by atoms with Gasteiger partial charge in [0, 0.05) is 37.7 Å². The van der Waals surface area contributed by atoms with Crippen LogP contribution in [0.2, 0.25) is 0 Å². The Bertz CT molecular complexity index is 502. The van der Waals surface area contributed by atoms with Crippen LogP contribution in [0.3, 0.4) is 0 Å². The van der Waals surface area contributed by atoms with Gasteiger partial charge in [0.15, 0.2) is 0 Å². The SMILES string of the molecule is Cc1noc(C)c1CCC(=O)NCC(CC(C)C)N1CCOCC1. The molecule has 2 rings (SSSR count). The van der Waals surface area contributed by atoms with Gasteiger partial charge in [-0.05, 0) is 32.6 Å². The highest BCUT2D eigenvalue weighted by atomic mass is 16.5. The Kier molecular flexibility index (Phi) is 7.24. The highest BCUT2D eigenvalue weighted by Gasteiger charge is 2.22. The first-order chi connectivity index (χ1) is 11.5. The fraction of sp³-hybridized carbons (Fsp3) is 0.778. The van der Waals surface area contributed by atoms with Crippen molar-refractivity contribution >= 4 is 5.91 Å². The topological polar surface area (TPSA) is 67.6 Å². The van der Waals surface area contributed by atoms with Crippen molar-refractivity contribution in [2.45, 2.75) is 53.0 Å². The normalized spacial score (nSPS) is 17.2. The molecule has 136 valence electrons. The smallest absolute Gasteiger partial charge is 0.220 e. The van der Waals surface area contributed by atoms with E-state index in [1.165, 1.54) is 0 Å². The van der Waals surface area contributed by atoms with Crippen molar-refractivity contribution in [1.29, 1.82) is 0 Å². The minimum absolute atomic E-state index is 0.0945. The monoisotopic (exact) mass is 337 g/mol. The lowest BCUT2D eigenvalue weighted by Crippen LogP contribution is -2.49. The van der Waals surface area contributed by atoms with Crippen LogP contribution in [-0.4, -0.2) is 54.9 Å². The molecular formula is C18H31N3O3. The molecule has 0 saturated carbocycles. The summed E-state index contributed by atoms with van der Waals surface area (Å²) in [6.45, 7) is 12.4. The highest BCUT2D eigenvalue weighted by Crippen LogP contribution is 2.15. The summed E-state index contributed by atoms with van der Waals surface area (Å²) >= 11 is 0. The van der Waals surface area contributed by atoms with E-state index < -0.39 is 0 Å². The summed E-state index contributed by atoms with van der Waals surface area (Å²) in [5.74, 6) is 1.51. The quantitative estimate of drug-likeness (QED) is 0.787. The van der Waals surface area contributed by atoms with Crippen LogP contribution < -0.4 is 5.32 Å². The second-order valence-corrected chi connectivity index (χ2v) is 7.04. The lowest BCUT2D eigenvalue weighted by atomic mass is 10.0. The van der Waals surface area contributed by atoms with E-state index in [2.05, 4.69) is 29.2 Å². The van der Waals surface area contributed by atoms with Crippen molar-refractivity contribution < 1.29 is 14.1 Å². The Morgan fingerprint density at radius 1 is 1.29 bits per heavy atom. The van der Waals surface area contributed by atoms with Gasteiger partial charge in [-0.25, -0.2) is 0 Å². The molecule has 0 bridgehead atoms. The first-order valence-corrected chi connectivity index (χ1v) is 8.97. The summed E-state index contributed by atoms with van der Waals surface area (Å²) in [4.78, 5) is 14.7. The number of rotatable bonds is 8. The third-order valence-electron chi connectivity index (χ3n) is 4.62. The second kappa shape index (κ2) is 9.18. The van der Waals surface area contributed by atoms with Gasteiger partial charge in [0.25, 0.3) is 0 Å². The number of aryl methyl sites for hydroxylation is 2. The molecule has 1 aliphatic heterocycles. The maximum absolute atomic E-state index is 12.2. The molecule has 1 amide bonds. The molecule has 0 aliphatic carbocycles. The molecule has 1 aromatic rings. The van der Waals surface area contributed by atoms with E-state index >= 15 is 0 Å². The molecule has 1 unspecified atom stereocenters. The summed E-state index contributed by atoms with van der Waals surface area (Å²) in [5.41, 5.74) is 1.93. The Balaban J connectivity index is 1.80. The van der Waals surface area contributed by atoms with Crippen LogP contribution >= 0.6 is 0 Å². The standard InChI is InChI=1S/C18H31N3O3/c1-13(2)11-16(21-7-9-23-10-8-21)12-19-18(22)6-5-17-14(3)20-24-15(17)4/h13,16H,5-12H2,1-4H3,(H,19,22). The Morgan fingerprint density at radius 3 is 2.58 bits per heavy atom. The molecule has 24 heavy (non-hydrogen) atoms.